The van der Waals surface area contributed by atoms with Crippen molar-refractivity contribution < 1.29 is 4.79 Å². The molecule has 0 atom stereocenters. The number of hydrogen-bond acceptors (Lipinski definition) is 4. The predicted molar refractivity (Wildman–Crippen MR) is 89.5 cm³/mol. The Morgan fingerprint density at radius 1 is 1.30 bits per heavy atom. The molecule has 0 unspecified atom stereocenters. The Morgan fingerprint density at radius 2 is 2.13 bits per heavy atom. The monoisotopic (exact) mass is 327 g/mol. The second-order valence-electron chi connectivity index (χ2n) is 5.16. The number of imidazole rings is 1. The first-order valence-electron chi connectivity index (χ1n) is 7.19. The molecule has 1 amide bonds. The molecule has 0 aliphatic carbocycles. The van der Waals surface area contributed by atoms with Crippen LogP contribution in [-0.2, 0) is 11.2 Å². The summed E-state index contributed by atoms with van der Waals surface area (Å²) in [4.78, 5) is 21.1. The van der Waals surface area contributed by atoms with Crippen LogP contribution < -0.4 is 5.32 Å². The van der Waals surface area contributed by atoms with Gasteiger partial charge in [-0.15, -0.1) is 0 Å². The molecule has 6 nitrogen and oxygen atoms in total. The molecule has 0 aliphatic rings. The van der Waals surface area contributed by atoms with Crippen molar-refractivity contribution in [1.82, 2.24) is 20.2 Å². The first-order chi connectivity index (χ1) is 11.1. The van der Waals surface area contributed by atoms with Gasteiger partial charge in [0.15, 0.2) is 0 Å². The summed E-state index contributed by atoms with van der Waals surface area (Å²) in [5.41, 5.74) is 3.55. The van der Waals surface area contributed by atoms with Crippen molar-refractivity contribution in [1.29, 1.82) is 0 Å². The summed E-state index contributed by atoms with van der Waals surface area (Å²) in [7, 11) is 0. The van der Waals surface area contributed by atoms with E-state index in [1.807, 2.05) is 38.1 Å². The number of aromatic amines is 2. The van der Waals surface area contributed by atoms with Crippen molar-refractivity contribution in [2.75, 3.05) is 5.32 Å². The first-order valence-corrected chi connectivity index (χ1v) is 8.00. The van der Waals surface area contributed by atoms with Crippen LogP contribution in [0.1, 0.15) is 17.1 Å². The van der Waals surface area contributed by atoms with E-state index in [4.69, 9.17) is 0 Å². The van der Waals surface area contributed by atoms with Crippen molar-refractivity contribution in [3.63, 3.8) is 0 Å². The third kappa shape index (κ3) is 3.62. The van der Waals surface area contributed by atoms with Crippen LogP contribution in [0.4, 0.5) is 5.69 Å². The quantitative estimate of drug-likeness (QED) is 0.672. The highest BCUT2D eigenvalue weighted by Crippen LogP contribution is 2.36. The molecule has 3 N–H and O–H groups in total. The van der Waals surface area contributed by atoms with E-state index in [0.717, 1.165) is 32.6 Å². The Hall–Kier alpha value is -2.54. The number of carbonyl (C=O) groups is 1. The first kappa shape index (κ1) is 15.4. The lowest BCUT2D eigenvalue weighted by Gasteiger charge is -2.10. The Labute approximate surface area is 138 Å². The highest BCUT2D eigenvalue weighted by atomic mass is 32.2. The second kappa shape index (κ2) is 6.70. The van der Waals surface area contributed by atoms with Crippen molar-refractivity contribution >= 4 is 23.4 Å². The topological polar surface area (TPSA) is 86.5 Å². The van der Waals surface area contributed by atoms with Crippen LogP contribution in [-0.4, -0.2) is 26.1 Å². The molecule has 2 aromatic heterocycles. The smallest absolute Gasteiger partial charge is 0.230 e. The fraction of sp³-hybridized carbons (Fsp3) is 0.188. The number of carbonyl (C=O) groups excluding carboxylic acids is 1. The van der Waals surface area contributed by atoms with E-state index in [1.54, 1.807) is 24.3 Å². The molecule has 0 radical (unpaired) electrons. The van der Waals surface area contributed by atoms with Gasteiger partial charge in [0.1, 0.15) is 0 Å². The van der Waals surface area contributed by atoms with E-state index in [9.17, 15) is 4.79 Å². The fourth-order valence-electron chi connectivity index (χ4n) is 2.21. The Morgan fingerprint density at radius 3 is 2.83 bits per heavy atom. The van der Waals surface area contributed by atoms with Gasteiger partial charge in [-0.2, -0.15) is 5.10 Å². The molecular formula is C16H17N5OS. The number of nitrogens with one attached hydrogen (secondary N) is 3. The molecule has 2 heterocycles. The Bertz CT molecular complexity index is 790. The average Bonchev–Trinajstić information content (AvgIpc) is 3.14. The minimum absolute atomic E-state index is 0.0806. The summed E-state index contributed by atoms with van der Waals surface area (Å²) in [5, 5.41) is 10.1. The van der Waals surface area contributed by atoms with E-state index >= 15 is 0 Å². The number of para-hydroxylation sites is 1. The number of H-pyrrole nitrogens is 2. The molecule has 0 saturated carbocycles. The number of benzene rings is 1. The lowest BCUT2D eigenvalue weighted by Crippen LogP contribution is -2.15. The molecule has 0 saturated heterocycles. The summed E-state index contributed by atoms with van der Waals surface area (Å²) >= 11 is 1.60. The normalized spacial score (nSPS) is 10.7. The number of amides is 1. The van der Waals surface area contributed by atoms with Gasteiger partial charge in [0.25, 0.3) is 0 Å². The van der Waals surface area contributed by atoms with Gasteiger partial charge >= 0.3 is 0 Å². The summed E-state index contributed by atoms with van der Waals surface area (Å²) in [6.07, 6.45) is 3.48. The molecule has 3 rings (SSSR count). The SMILES string of the molecule is Cc1n[nH]c(C)c1Sc1ccccc1NC(=O)Cc1cnc[nH]1. The van der Waals surface area contributed by atoms with Crippen LogP contribution in [0.3, 0.4) is 0 Å². The summed E-state index contributed by atoms with van der Waals surface area (Å²) < 4.78 is 0. The van der Waals surface area contributed by atoms with Crippen LogP contribution >= 0.6 is 11.8 Å². The molecular weight excluding hydrogens is 310 g/mol. The maximum Gasteiger partial charge on any atom is 0.230 e. The number of anilines is 1. The molecule has 0 spiro atoms. The van der Waals surface area contributed by atoms with Crippen molar-refractivity contribution in [2.24, 2.45) is 0 Å². The number of rotatable bonds is 5. The molecule has 0 fully saturated rings. The summed E-state index contributed by atoms with van der Waals surface area (Å²) in [5.74, 6) is -0.0806. The third-order valence-electron chi connectivity index (χ3n) is 3.34. The Kier molecular flexibility index (Phi) is 4.47. The standard InChI is InChI=1S/C16H17N5OS/c1-10-16(11(2)21-20-10)23-14-6-4-3-5-13(14)19-15(22)7-12-8-17-9-18-12/h3-6,8-9H,7H2,1-2H3,(H,17,18)(H,19,22)(H,20,21). The lowest BCUT2D eigenvalue weighted by atomic mass is 10.3. The van der Waals surface area contributed by atoms with E-state index in [-0.39, 0.29) is 12.3 Å². The highest BCUT2D eigenvalue weighted by molar-refractivity contribution is 7.99. The number of aromatic nitrogens is 4. The number of hydrogen-bond donors (Lipinski definition) is 3. The minimum Gasteiger partial charge on any atom is -0.348 e. The van der Waals surface area contributed by atoms with Gasteiger partial charge in [-0.3, -0.25) is 9.89 Å². The second-order valence-corrected chi connectivity index (χ2v) is 6.22. The van der Waals surface area contributed by atoms with Gasteiger partial charge in [-0.1, -0.05) is 23.9 Å². The molecule has 118 valence electrons. The maximum atomic E-state index is 12.2. The van der Waals surface area contributed by atoms with Gasteiger partial charge in [-0.05, 0) is 26.0 Å². The van der Waals surface area contributed by atoms with Gasteiger partial charge in [0.2, 0.25) is 5.91 Å². The van der Waals surface area contributed by atoms with Crippen LogP contribution in [0, 0.1) is 13.8 Å². The van der Waals surface area contributed by atoms with E-state index < -0.39 is 0 Å². The van der Waals surface area contributed by atoms with Crippen molar-refractivity contribution in [3.8, 4) is 0 Å². The van der Waals surface area contributed by atoms with Crippen molar-refractivity contribution in [3.05, 3.63) is 53.9 Å². The van der Waals surface area contributed by atoms with Crippen LogP contribution in [0.15, 0.2) is 46.6 Å². The van der Waals surface area contributed by atoms with Gasteiger partial charge in [0.05, 0.1) is 29.0 Å². The number of nitrogens with zero attached hydrogens (tertiary/aromatic N) is 2. The molecule has 7 heteroatoms. The summed E-state index contributed by atoms with van der Waals surface area (Å²) in [6.45, 7) is 3.95. The van der Waals surface area contributed by atoms with Crippen LogP contribution in [0.5, 0.6) is 0 Å². The lowest BCUT2D eigenvalue weighted by molar-refractivity contribution is -0.115. The van der Waals surface area contributed by atoms with Gasteiger partial charge in [-0.25, -0.2) is 4.98 Å². The van der Waals surface area contributed by atoms with Crippen molar-refractivity contribution in [2.45, 2.75) is 30.1 Å². The zero-order chi connectivity index (χ0) is 16.2. The third-order valence-corrected chi connectivity index (χ3v) is 4.72. The maximum absolute atomic E-state index is 12.2. The zero-order valence-corrected chi connectivity index (χ0v) is 13.7. The average molecular weight is 327 g/mol. The molecule has 0 bridgehead atoms. The van der Waals surface area contributed by atoms with E-state index in [0.29, 0.717) is 0 Å². The molecule has 23 heavy (non-hydrogen) atoms. The van der Waals surface area contributed by atoms with Gasteiger partial charge < -0.3 is 10.3 Å². The van der Waals surface area contributed by atoms with E-state index in [1.165, 1.54) is 0 Å². The largest absolute Gasteiger partial charge is 0.348 e. The highest BCUT2D eigenvalue weighted by Gasteiger charge is 2.13. The number of aryl methyl sites for hydroxylation is 2. The predicted octanol–water partition coefficient (Wildman–Crippen LogP) is 3.08. The van der Waals surface area contributed by atoms with Crippen LogP contribution in [0.2, 0.25) is 0 Å². The van der Waals surface area contributed by atoms with Gasteiger partial charge in [0, 0.05) is 22.5 Å². The molecule has 1 aromatic carbocycles. The Balaban J connectivity index is 1.77. The van der Waals surface area contributed by atoms with Crippen LogP contribution in [0.25, 0.3) is 0 Å². The van der Waals surface area contributed by atoms with E-state index in [2.05, 4.69) is 25.5 Å². The fourth-order valence-corrected chi connectivity index (χ4v) is 3.20. The molecule has 3 aromatic rings. The zero-order valence-electron chi connectivity index (χ0n) is 12.9. The minimum atomic E-state index is -0.0806. The summed E-state index contributed by atoms with van der Waals surface area (Å²) in [6, 6.07) is 7.75. The molecule has 0 aliphatic heterocycles.